The molecule has 0 aliphatic carbocycles. The van der Waals surface area contributed by atoms with E-state index in [2.05, 4.69) is 31.9 Å². The first-order valence-corrected chi connectivity index (χ1v) is 13.8. The summed E-state index contributed by atoms with van der Waals surface area (Å²) in [5.41, 5.74) is 1.29. The Bertz CT molecular complexity index is 1910. The number of carbonyl (C=O) groups excluding carboxylic acids is 1. The number of nitrogens with one attached hydrogen (secondary N) is 1. The molecule has 3 aromatic heterocycles. The number of ether oxygens (including phenoxy) is 4. The molecule has 0 saturated carbocycles. The van der Waals surface area contributed by atoms with Gasteiger partial charge in [-0.2, -0.15) is 0 Å². The molecule has 2 aromatic carbocycles. The van der Waals surface area contributed by atoms with Gasteiger partial charge >= 0.3 is 0 Å². The van der Waals surface area contributed by atoms with Gasteiger partial charge in [-0.3, -0.25) is 4.79 Å². The first-order valence-electron chi connectivity index (χ1n) is 13.8. The second-order valence-corrected chi connectivity index (χ2v) is 10.2. The fraction of sp³-hybridized carbons (Fsp3) is 0.167. The van der Waals surface area contributed by atoms with E-state index < -0.39 is 11.1 Å². The third kappa shape index (κ3) is 6.75. The number of hydrogen-bond donors (Lipinski definition) is 1. The molecule has 0 bridgehead atoms. The van der Waals surface area contributed by atoms with Crippen molar-refractivity contribution in [2.75, 3.05) is 25.5 Å². The molecule has 1 N–H and O–H groups in total. The predicted octanol–water partition coefficient (Wildman–Crippen LogP) is 3.17. The summed E-state index contributed by atoms with van der Waals surface area (Å²) >= 11 is 0. The van der Waals surface area contributed by atoms with Gasteiger partial charge in [-0.05, 0) is 35.6 Å². The number of likely N-dealkylation sites (tertiary alicyclic amines) is 1. The molecule has 46 heavy (non-hydrogen) atoms. The predicted molar refractivity (Wildman–Crippen MR) is 169 cm³/mol. The first kappa shape index (κ1) is 30.5. The molecule has 6 radical (unpaired) electrons. The maximum absolute atomic E-state index is 15.3. The van der Waals surface area contributed by atoms with E-state index in [0.717, 1.165) is 0 Å². The number of nitrogens with zero attached hydrogens (tertiary/aromatic N) is 6. The monoisotopic (exact) mass is 613 g/mol. The van der Waals surface area contributed by atoms with Gasteiger partial charge in [0, 0.05) is 35.8 Å². The molecule has 6 rings (SSSR count). The van der Waals surface area contributed by atoms with E-state index in [1.807, 2.05) is 0 Å². The van der Waals surface area contributed by atoms with Crippen molar-refractivity contribution in [3.05, 3.63) is 85.7 Å². The SMILES string of the molecule is [B]C([B])([B])Oc1ccc(-n2ccc(Oc3ccc(Nc4ncnc5cc(OC)c(OC6CN(C(=O)C=C)C6)cc45)c(F)c3)n2)cn1. The van der Waals surface area contributed by atoms with Gasteiger partial charge < -0.3 is 29.2 Å². The minimum atomic E-state index is -1.86. The van der Waals surface area contributed by atoms with Crippen molar-refractivity contribution in [3.8, 4) is 34.7 Å². The Balaban J connectivity index is 1.15. The third-order valence-electron chi connectivity index (χ3n) is 6.80. The minimum absolute atomic E-state index is 0.135. The van der Waals surface area contributed by atoms with Crippen molar-refractivity contribution in [3.63, 3.8) is 0 Å². The molecule has 4 heterocycles. The van der Waals surface area contributed by atoms with Gasteiger partial charge in [-0.1, -0.05) is 6.58 Å². The average molecular weight is 613 g/mol. The van der Waals surface area contributed by atoms with Crippen LogP contribution in [0.2, 0.25) is 0 Å². The third-order valence-corrected chi connectivity index (χ3v) is 6.80. The minimum Gasteiger partial charge on any atom is -0.501 e. The van der Waals surface area contributed by atoms with Crippen LogP contribution in [0.3, 0.4) is 0 Å². The number of hydrogen-bond acceptors (Lipinski definition) is 10. The molecule has 0 atom stereocenters. The van der Waals surface area contributed by atoms with Crippen molar-refractivity contribution >= 4 is 51.9 Å². The number of pyridine rings is 1. The Labute approximate surface area is 266 Å². The van der Waals surface area contributed by atoms with Crippen LogP contribution in [-0.2, 0) is 4.79 Å². The van der Waals surface area contributed by atoms with Crippen molar-refractivity contribution < 1.29 is 28.1 Å². The number of rotatable bonds is 11. The van der Waals surface area contributed by atoms with Crippen LogP contribution in [0, 0.1) is 5.82 Å². The highest BCUT2D eigenvalue weighted by Crippen LogP contribution is 2.37. The zero-order valence-corrected chi connectivity index (χ0v) is 24.5. The molecular weight excluding hydrogens is 590 g/mol. The van der Waals surface area contributed by atoms with Gasteiger partial charge in [-0.15, -0.1) is 5.10 Å². The fourth-order valence-corrected chi connectivity index (χ4v) is 4.58. The average Bonchev–Trinajstić information content (AvgIpc) is 3.47. The highest BCUT2D eigenvalue weighted by atomic mass is 19.1. The van der Waals surface area contributed by atoms with Crippen molar-refractivity contribution in [1.82, 2.24) is 29.6 Å². The lowest BCUT2D eigenvalue weighted by Crippen LogP contribution is -2.55. The van der Waals surface area contributed by atoms with Crippen LogP contribution >= 0.6 is 0 Å². The first-order chi connectivity index (χ1) is 22.1. The maximum Gasteiger partial charge on any atom is 0.246 e. The summed E-state index contributed by atoms with van der Waals surface area (Å²) in [4.78, 5) is 26.1. The molecule has 1 aliphatic rings. The van der Waals surface area contributed by atoms with Crippen LogP contribution in [0.15, 0.2) is 79.9 Å². The summed E-state index contributed by atoms with van der Waals surface area (Å²) in [5.74, 6) is 1.08. The lowest BCUT2D eigenvalue weighted by Gasteiger charge is -2.38. The number of aromatic nitrogens is 5. The molecule has 16 heteroatoms. The lowest BCUT2D eigenvalue weighted by molar-refractivity contribution is -0.134. The number of amides is 1. The summed E-state index contributed by atoms with van der Waals surface area (Å²) in [6.45, 7) is 4.34. The van der Waals surface area contributed by atoms with Crippen molar-refractivity contribution in [2.45, 2.75) is 11.4 Å². The lowest BCUT2D eigenvalue weighted by atomic mass is 9.52. The smallest absolute Gasteiger partial charge is 0.246 e. The highest BCUT2D eigenvalue weighted by Gasteiger charge is 2.32. The van der Waals surface area contributed by atoms with Crippen molar-refractivity contribution in [1.29, 1.82) is 0 Å². The number of benzene rings is 2. The topological polar surface area (TPSA) is 126 Å². The Morgan fingerprint density at radius 3 is 2.59 bits per heavy atom. The maximum atomic E-state index is 15.3. The van der Waals surface area contributed by atoms with Crippen LogP contribution in [0.1, 0.15) is 0 Å². The molecule has 1 saturated heterocycles. The molecule has 0 spiro atoms. The Morgan fingerprint density at radius 1 is 1.07 bits per heavy atom. The number of halogens is 1. The summed E-state index contributed by atoms with van der Waals surface area (Å²) in [5, 5.41) is 6.08. The van der Waals surface area contributed by atoms with E-state index in [-0.39, 0.29) is 35.2 Å². The van der Waals surface area contributed by atoms with Gasteiger partial charge in [-0.25, -0.2) is 24.0 Å². The largest absolute Gasteiger partial charge is 0.501 e. The quantitative estimate of drug-likeness (QED) is 0.176. The molecule has 224 valence electrons. The van der Waals surface area contributed by atoms with E-state index in [9.17, 15) is 4.79 Å². The van der Waals surface area contributed by atoms with E-state index in [0.29, 0.717) is 47.0 Å². The molecule has 0 unspecified atom stereocenters. The van der Waals surface area contributed by atoms with E-state index in [1.54, 1.807) is 41.4 Å². The summed E-state index contributed by atoms with van der Waals surface area (Å²) in [7, 11) is 17.8. The Hall–Kier alpha value is -5.53. The van der Waals surface area contributed by atoms with Crippen LogP contribution in [-0.4, -0.2) is 90.7 Å². The molecule has 5 aromatic rings. The Kier molecular flexibility index (Phi) is 8.26. The molecular formula is C30H23B3FN7O5. The molecule has 1 amide bonds. The van der Waals surface area contributed by atoms with Gasteiger partial charge in [0.15, 0.2) is 11.5 Å². The number of carbonyl (C=O) groups is 1. The number of methoxy groups -OCH3 is 1. The second-order valence-electron chi connectivity index (χ2n) is 10.2. The normalized spacial score (nSPS) is 13.1. The Morgan fingerprint density at radius 2 is 1.89 bits per heavy atom. The van der Waals surface area contributed by atoms with E-state index in [1.165, 1.54) is 48.6 Å². The zero-order chi connectivity index (χ0) is 32.4. The highest BCUT2D eigenvalue weighted by molar-refractivity contribution is 6.58. The van der Waals surface area contributed by atoms with Crippen LogP contribution in [0.4, 0.5) is 15.9 Å². The number of fused-ring (bicyclic) bond motifs is 1. The van der Waals surface area contributed by atoms with Gasteiger partial charge in [0.2, 0.25) is 17.7 Å². The van der Waals surface area contributed by atoms with Gasteiger partial charge in [0.1, 0.15) is 53.4 Å². The fourth-order valence-electron chi connectivity index (χ4n) is 4.58. The van der Waals surface area contributed by atoms with Crippen LogP contribution in [0.25, 0.3) is 16.6 Å². The van der Waals surface area contributed by atoms with Crippen molar-refractivity contribution in [2.24, 2.45) is 0 Å². The molecule has 1 fully saturated rings. The van der Waals surface area contributed by atoms with Gasteiger partial charge in [0.05, 0.1) is 43.3 Å². The summed E-state index contributed by atoms with van der Waals surface area (Å²) < 4.78 is 39.3. The van der Waals surface area contributed by atoms with E-state index in [4.69, 9.17) is 42.5 Å². The standard InChI is InChI=1S/C30H23B3FN7O5/c1-3-28(42)40-14-19(15-40)44-25-11-20-23(12-24(25)43-2)36-16-37-29(20)38-22-6-5-18(10-21(22)34)45-27-8-9-41(39-27)17-4-7-26(35-13-17)46-30(31,32)33/h3-13,16,19H,1,14-15H2,2H3,(H,36,37,38). The molecule has 12 nitrogen and oxygen atoms in total. The molecule has 1 aliphatic heterocycles. The second kappa shape index (κ2) is 12.5. The van der Waals surface area contributed by atoms with Crippen LogP contribution in [0.5, 0.6) is 29.0 Å². The van der Waals surface area contributed by atoms with Crippen LogP contribution < -0.4 is 24.3 Å². The zero-order valence-electron chi connectivity index (χ0n) is 24.5. The number of anilines is 2. The summed E-state index contributed by atoms with van der Waals surface area (Å²) in [6.07, 6.45) is 5.53. The summed E-state index contributed by atoms with van der Waals surface area (Å²) in [6, 6.07) is 12.6. The van der Waals surface area contributed by atoms with E-state index >= 15 is 4.39 Å². The van der Waals surface area contributed by atoms with Gasteiger partial charge in [0.25, 0.3) is 0 Å².